The van der Waals surface area contributed by atoms with E-state index in [1.165, 1.54) is 0 Å². The van der Waals surface area contributed by atoms with Gasteiger partial charge in [-0.3, -0.25) is 9.69 Å². The van der Waals surface area contributed by atoms with Gasteiger partial charge in [0.2, 0.25) is 5.91 Å². The van der Waals surface area contributed by atoms with Crippen LogP contribution in [0.2, 0.25) is 0 Å². The average molecular weight is 262 g/mol. The topological polar surface area (TPSA) is 42.4 Å². The van der Waals surface area contributed by atoms with Crippen LogP contribution in [0.25, 0.3) is 0 Å². The molecule has 0 unspecified atom stereocenters. The third-order valence-electron chi connectivity index (χ3n) is 3.19. The highest BCUT2D eigenvalue weighted by Gasteiger charge is 2.28. The summed E-state index contributed by atoms with van der Waals surface area (Å²) in [6.45, 7) is 10.8. The minimum absolute atomic E-state index is 0.0486. The highest BCUT2D eigenvalue weighted by atomic mass is 16.5. The van der Waals surface area contributed by atoms with E-state index in [4.69, 9.17) is 4.74 Å². The van der Waals surface area contributed by atoms with E-state index >= 15 is 0 Å². The summed E-state index contributed by atoms with van der Waals surface area (Å²) in [5.41, 5.74) is 0.919. The molecule has 0 bridgehead atoms. The fourth-order valence-corrected chi connectivity index (χ4v) is 2.16. The maximum Gasteiger partial charge on any atom is 0.231 e. The van der Waals surface area contributed by atoms with Gasteiger partial charge in [0.15, 0.2) is 11.6 Å². The van der Waals surface area contributed by atoms with Gasteiger partial charge in [0.1, 0.15) is 0 Å². The standard InChI is InChI=1S/C15H22N2O2/c1-10(2)17-13(18)8-9-19-11-6-7-12(15(3,4)5)16-14(11)17/h6-7,10H,8-9H2,1-5H3. The van der Waals surface area contributed by atoms with E-state index < -0.39 is 0 Å². The van der Waals surface area contributed by atoms with Crippen molar-refractivity contribution in [1.29, 1.82) is 0 Å². The van der Waals surface area contributed by atoms with Crippen LogP contribution >= 0.6 is 0 Å². The minimum Gasteiger partial charge on any atom is -0.489 e. The van der Waals surface area contributed by atoms with Crippen LogP contribution < -0.4 is 9.64 Å². The Morgan fingerprint density at radius 2 is 2.00 bits per heavy atom. The molecule has 0 atom stereocenters. The molecule has 1 aliphatic heterocycles. The third kappa shape index (κ3) is 2.72. The molecular weight excluding hydrogens is 240 g/mol. The molecule has 4 nitrogen and oxygen atoms in total. The summed E-state index contributed by atoms with van der Waals surface area (Å²) in [4.78, 5) is 18.6. The minimum atomic E-state index is -0.0486. The van der Waals surface area contributed by atoms with Crippen LogP contribution in [0.1, 0.15) is 46.7 Å². The van der Waals surface area contributed by atoms with Crippen molar-refractivity contribution in [3.05, 3.63) is 17.8 Å². The van der Waals surface area contributed by atoms with Crippen LogP contribution in [0.3, 0.4) is 0 Å². The second kappa shape index (κ2) is 4.83. The number of carbonyl (C=O) groups is 1. The Labute approximate surface area is 114 Å². The van der Waals surface area contributed by atoms with Crippen LogP contribution in [-0.4, -0.2) is 23.5 Å². The van der Waals surface area contributed by atoms with Crippen molar-refractivity contribution >= 4 is 11.7 Å². The van der Waals surface area contributed by atoms with Crippen molar-refractivity contribution in [2.24, 2.45) is 0 Å². The van der Waals surface area contributed by atoms with Gasteiger partial charge in [-0.2, -0.15) is 0 Å². The Kier molecular flexibility index (Phi) is 3.52. The Morgan fingerprint density at radius 1 is 1.32 bits per heavy atom. The molecule has 0 saturated carbocycles. The Balaban J connectivity index is 2.55. The predicted octanol–water partition coefficient (Wildman–Crippen LogP) is 2.90. The van der Waals surface area contributed by atoms with Gasteiger partial charge in [-0.05, 0) is 26.0 Å². The molecule has 2 rings (SSSR count). The molecule has 2 heterocycles. The summed E-state index contributed by atoms with van der Waals surface area (Å²) in [5.74, 6) is 1.43. The lowest BCUT2D eigenvalue weighted by atomic mass is 9.91. The van der Waals surface area contributed by atoms with Crippen molar-refractivity contribution in [2.45, 2.75) is 52.5 Å². The van der Waals surface area contributed by atoms with E-state index in [-0.39, 0.29) is 17.4 Å². The maximum absolute atomic E-state index is 12.2. The second-order valence-electron chi connectivity index (χ2n) is 6.22. The maximum atomic E-state index is 12.2. The zero-order valence-electron chi connectivity index (χ0n) is 12.4. The third-order valence-corrected chi connectivity index (χ3v) is 3.19. The van der Waals surface area contributed by atoms with Crippen molar-refractivity contribution < 1.29 is 9.53 Å². The molecule has 0 fully saturated rings. The average Bonchev–Trinajstić information content (AvgIpc) is 2.44. The van der Waals surface area contributed by atoms with E-state index in [1.54, 1.807) is 4.90 Å². The normalized spacial score (nSPS) is 16.1. The molecule has 0 aromatic carbocycles. The number of anilines is 1. The van der Waals surface area contributed by atoms with Crippen LogP contribution in [0, 0.1) is 0 Å². The van der Waals surface area contributed by atoms with Gasteiger partial charge < -0.3 is 4.74 Å². The fraction of sp³-hybridized carbons (Fsp3) is 0.600. The molecule has 4 heteroatoms. The summed E-state index contributed by atoms with van der Waals surface area (Å²) in [6, 6.07) is 3.99. The van der Waals surface area contributed by atoms with E-state index in [0.717, 1.165) is 5.69 Å². The quantitative estimate of drug-likeness (QED) is 0.781. The van der Waals surface area contributed by atoms with Crippen LogP contribution in [0.5, 0.6) is 5.75 Å². The smallest absolute Gasteiger partial charge is 0.231 e. The predicted molar refractivity (Wildman–Crippen MR) is 75.7 cm³/mol. The summed E-state index contributed by atoms with van der Waals surface area (Å²) in [6.07, 6.45) is 0.402. The molecule has 0 radical (unpaired) electrons. The number of carbonyl (C=O) groups excluding carboxylic acids is 1. The molecule has 1 amide bonds. The first-order valence-electron chi connectivity index (χ1n) is 6.77. The number of hydrogen-bond donors (Lipinski definition) is 0. The molecule has 1 aliphatic rings. The van der Waals surface area contributed by atoms with Gasteiger partial charge in [0.05, 0.1) is 13.0 Å². The van der Waals surface area contributed by atoms with Crippen molar-refractivity contribution in [1.82, 2.24) is 4.98 Å². The van der Waals surface area contributed by atoms with Gasteiger partial charge >= 0.3 is 0 Å². The first-order valence-corrected chi connectivity index (χ1v) is 6.77. The van der Waals surface area contributed by atoms with Crippen LogP contribution in [0.4, 0.5) is 5.82 Å². The van der Waals surface area contributed by atoms with E-state index in [9.17, 15) is 4.79 Å². The number of rotatable bonds is 1. The first-order chi connectivity index (χ1) is 8.80. The molecule has 19 heavy (non-hydrogen) atoms. The Morgan fingerprint density at radius 3 is 2.58 bits per heavy atom. The number of hydrogen-bond acceptors (Lipinski definition) is 3. The highest BCUT2D eigenvalue weighted by molar-refractivity contribution is 5.95. The Bertz CT molecular complexity index is 489. The van der Waals surface area contributed by atoms with Crippen LogP contribution in [0.15, 0.2) is 12.1 Å². The van der Waals surface area contributed by atoms with Crippen molar-refractivity contribution in [3.8, 4) is 5.75 Å². The summed E-state index contributed by atoms with van der Waals surface area (Å²) in [7, 11) is 0. The molecule has 1 aromatic heterocycles. The fourth-order valence-electron chi connectivity index (χ4n) is 2.16. The van der Waals surface area contributed by atoms with Gasteiger partial charge in [-0.25, -0.2) is 4.98 Å². The lowest BCUT2D eigenvalue weighted by molar-refractivity contribution is -0.119. The van der Waals surface area contributed by atoms with E-state index in [1.807, 2.05) is 26.0 Å². The number of ether oxygens (including phenoxy) is 1. The number of fused-ring (bicyclic) bond motifs is 1. The highest BCUT2D eigenvalue weighted by Crippen LogP contribution is 2.33. The SMILES string of the molecule is CC(C)N1C(=O)CCOc2ccc(C(C)(C)C)nc21. The number of amides is 1. The molecular formula is C15H22N2O2. The molecule has 104 valence electrons. The lowest BCUT2D eigenvalue weighted by Gasteiger charge is -2.27. The van der Waals surface area contributed by atoms with Crippen LogP contribution in [-0.2, 0) is 10.2 Å². The molecule has 0 saturated heterocycles. The first kappa shape index (κ1) is 13.8. The molecule has 0 spiro atoms. The number of pyridine rings is 1. The van der Waals surface area contributed by atoms with E-state index in [0.29, 0.717) is 24.6 Å². The summed E-state index contributed by atoms with van der Waals surface area (Å²) in [5, 5.41) is 0. The second-order valence-corrected chi connectivity index (χ2v) is 6.22. The lowest BCUT2D eigenvalue weighted by Crippen LogP contribution is -2.37. The Hall–Kier alpha value is -1.58. The van der Waals surface area contributed by atoms with E-state index in [2.05, 4.69) is 25.8 Å². The number of nitrogens with zero attached hydrogens (tertiary/aromatic N) is 2. The zero-order chi connectivity index (χ0) is 14.2. The molecule has 1 aromatic rings. The van der Waals surface area contributed by atoms with Crippen molar-refractivity contribution in [2.75, 3.05) is 11.5 Å². The molecule has 0 aliphatic carbocycles. The monoisotopic (exact) mass is 262 g/mol. The van der Waals surface area contributed by atoms with Gasteiger partial charge in [-0.15, -0.1) is 0 Å². The van der Waals surface area contributed by atoms with Gasteiger partial charge in [-0.1, -0.05) is 20.8 Å². The number of aromatic nitrogens is 1. The largest absolute Gasteiger partial charge is 0.489 e. The van der Waals surface area contributed by atoms with Crippen molar-refractivity contribution in [3.63, 3.8) is 0 Å². The zero-order valence-corrected chi connectivity index (χ0v) is 12.4. The van der Waals surface area contributed by atoms with Gasteiger partial charge in [0.25, 0.3) is 0 Å². The molecule has 0 N–H and O–H groups in total. The van der Waals surface area contributed by atoms with Gasteiger partial charge in [0, 0.05) is 17.2 Å². The summed E-state index contributed by atoms with van der Waals surface area (Å²) >= 11 is 0. The summed E-state index contributed by atoms with van der Waals surface area (Å²) < 4.78 is 5.64.